The molecule has 0 spiro atoms. The first-order chi connectivity index (χ1) is 7.79. The second kappa shape index (κ2) is 5.14. The summed E-state index contributed by atoms with van der Waals surface area (Å²) in [6, 6.07) is 3.81. The fourth-order valence-corrected chi connectivity index (χ4v) is 2.03. The van der Waals surface area contributed by atoms with Gasteiger partial charge < -0.3 is 5.32 Å². The van der Waals surface area contributed by atoms with Crippen molar-refractivity contribution in [1.29, 1.82) is 0 Å². The second-order valence-corrected chi connectivity index (χ2v) is 4.35. The predicted molar refractivity (Wildman–Crippen MR) is 64.9 cm³/mol. The van der Waals surface area contributed by atoms with Gasteiger partial charge in [0.05, 0.1) is 11.2 Å². The molecule has 0 aliphatic carbocycles. The maximum Gasteiger partial charge on any atom is 0.223 e. The number of halogens is 1. The van der Waals surface area contributed by atoms with E-state index in [2.05, 4.69) is 20.3 Å². The molecular weight excluding hydrogens is 244 g/mol. The maximum atomic E-state index is 6.01. The van der Waals surface area contributed by atoms with Crippen molar-refractivity contribution in [2.45, 2.75) is 9.92 Å². The monoisotopic (exact) mass is 252 g/mol. The van der Waals surface area contributed by atoms with Crippen LogP contribution in [0.2, 0.25) is 5.02 Å². The molecule has 6 heteroatoms. The van der Waals surface area contributed by atoms with Crippen LogP contribution < -0.4 is 5.32 Å². The van der Waals surface area contributed by atoms with Crippen molar-refractivity contribution in [2.24, 2.45) is 0 Å². The van der Waals surface area contributed by atoms with Crippen LogP contribution >= 0.6 is 23.4 Å². The van der Waals surface area contributed by atoms with Gasteiger partial charge in [0.25, 0.3) is 0 Å². The molecule has 16 heavy (non-hydrogen) atoms. The van der Waals surface area contributed by atoms with Crippen molar-refractivity contribution in [3.8, 4) is 0 Å². The summed E-state index contributed by atoms with van der Waals surface area (Å²) >= 11 is 7.49. The molecule has 0 aliphatic rings. The van der Waals surface area contributed by atoms with E-state index in [1.807, 2.05) is 12.1 Å². The van der Waals surface area contributed by atoms with Crippen LogP contribution in [-0.2, 0) is 0 Å². The van der Waals surface area contributed by atoms with Crippen molar-refractivity contribution in [1.82, 2.24) is 15.0 Å². The average molecular weight is 253 g/mol. The maximum absolute atomic E-state index is 6.01. The smallest absolute Gasteiger partial charge is 0.223 e. The number of rotatable bonds is 3. The number of anilines is 1. The molecule has 0 unspecified atom stereocenters. The molecule has 82 valence electrons. The second-order valence-electron chi connectivity index (χ2n) is 2.88. The molecule has 2 aromatic heterocycles. The molecule has 0 atom stereocenters. The summed E-state index contributed by atoms with van der Waals surface area (Å²) in [5.41, 5.74) is 0. The average Bonchev–Trinajstić information content (AvgIpc) is 2.33. The quantitative estimate of drug-likeness (QED) is 0.852. The Morgan fingerprint density at radius 2 is 2.06 bits per heavy atom. The molecule has 0 amide bonds. The van der Waals surface area contributed by atoms with Gasteiger partial charge in [0.2, 0.25) is 5.95 Å². The molecule has 0 saturated heterocycles. The number of hydrogen-bond acceptors (Lipinski definition) is 5. The van der Waals surface area contributed by atoms with Crippen molar-refractivity contribution in [3.63, 3.8) is 0 Å². The number of hydrogen-bond donors (Lipinski definition) is 1. The van der Waals surface area contributed by atoms with Crippen molar-refractivity contribution >= 4 is 29.3 Å². The fourth-order valence-electron chi connectivity index (χ4n) is 1.06. The Balaban J connectivity index is 2.27. The predicted octanol–water partition coefficient (Wildman–Crippen LogP) is 2.72. The molecule has 2 aromatic rings. The molecule has 0 fully saturated rings. The highest BCUT2D eigenvalue weighted by molar-refractivity contribution is 7.99. The minimum absolute atomic E-state index is 0.542. The minimum atomic E-state index is 0.542. The molecular formula is C10H9ClN4S. The summed E-state index contributed by atoms with van der Waals surface area (Å²) in [5.74, 6) is 0.556. The van der Waals surface area contributed by atoms with E-state index in [-0.39, 0.29) is 0 Å². The van der Waals surface area contributed by atoms with Gasteiger partial charge in [-0.15, -0.1) is 0 Å². The Morgan fingerprint density at radius 1 is 1.31 bits per heavy atom. The molecule has 0 saturated carbocycles. The minimum Gasteiger partial charge on any atom is -0.357 e. The Kier molecular flexibility index (Phi) is 3.58. The molecule has 0 bridgehead atoms. The van der Waals surface area contributed by atoms with E-state index in [1.165, 1.54) is 11.8 Å². The lowest BCUT2D eigenvalue weighted by molar-refractivity contribution is 1.04. The van der Waals surface area contributed by atoms with Crippen molar-refractivity contribution < 1.29 is 0 Å². The van der Waals surface area contributed by atoms with Gasteiger partial charge in [-0.3, -0.25) is 4.98 Å². The van der Waals surface area contributed by atoms with Crippen LogP contribution in [0.25, 0.3) is 0 Å². The van der Waals surface area contributed by atoms with Crippen molar-refractivity contribution in [3.05, 3.63) is 35.7 Å². The molecule has 1 N–H and O–H groups in total. The molecule has 0 aromatic carbocycles. The zero-order chi connectivity index (χ0) is 11.4. The topological polar surface area (TPSA) is 50.7 Å². The lowest BCUT2D eigenvalue weighted by atomic mass is 10.5. The lowest BCUT2D eigenvalue weighted by Gasteiger charge is -2.04. The summed E-state index contributed by atoms with van der Waals surface area (Å²) in [6.07, 6.45) is 5.05. The fraction of sp³-hybridized carbons (Fsp3) is 0.100. The van der Waals surface area contributed by atoms with Gasteiger partial charge in [0.1, 0.15) is 5.03 Å². The molecule has 2 heterocycles. The Bertz CT molecular complexity index is 478. The Morgan fingerprint density at radius 3 is 2.75 bits per heavy atom. The summed E-state index contributed by atoms with van der Waals surface area (Å²) in [7, 11) is 1.77. The van der Waals surface area contributed by atoms with Gasteiger partial charge in [0, 0.05) is 24.3 Å². The number of nitrogens with zero attached hydrogens (tertiary/aromatic N) is 3. The Hall–Kier alpha value is -1.33. The van der Waals surface area contributed by atoms with Gasteiger partial charge in [-0.25, -0.2) is 9.97 Å². The zero-order valence-electron chi connectivity index (χ0n) is 8.51. The van der Waals surface area contributed by atoms with Crippen LogP contribution in [0.1, 0.15) is 0 Å². The van der Waals surface area contributed by atoms with Crippen LogP contribution in [0.5, 0.6) is 0 Å². The van der Waals surface area contributed by atoms with Crippen LogP contribution in [0.15, 0.2) is 40.6 Å². The van der Waals surface area contributed by atoms with Crippen LogP contribution in [0, 0.1) is 0 Å². The van der Waals surface area contributed by atoms with Crippen LogP contribution in [0.3, 0.4) is 0 Å². The van der Waals surface area contributed by atoms with E-state index in [0.717, 1.165) is 9.92 Å². The number of aromatic nitrogens is 3. The van der Waals surface area contributed by atoms with Gasteiger partial charge in [-0.05, 0) is 12.1 Å². The van der Waals surface area contributed by atoms with E-state index in [9.17, 15) is 0 Å². The van der Waals surface area contributed by atoms with Crippen LogP contribution in [0.4, 0.5) is 5.95 Å². The molecule has 0 radical (unpaired) electrons. The summed E-state index contributed by atoms with van der Waals surface area (Å²) in [4.78, 5) is 13.3. The van der Waals surface area contributed by atoms with Gasteiger partial charge in [-0.2, -0.15) is 0 Å². The summed E-state index contributed by atoms with van der Waals surface area (Å²) < 4.78 is 0. The third kappa shape index (κ3) is 2.62. The third-order valence-electron chi connectivity index (χ3n) is 1.80. The number of pyridine rings is 1. The first kappa shape index (κ1) is 11.2. The first-order valence-corrected chi connectivity index (χ1v) is 5.77. The van der Waals surface area contributed by atoms with E-state index < -0.39 is 0 Å². The van der Waals surface area contributed by atoms with Gasteiger partial charge in [-0.1, -0.05) is 23.4 Å². The highest BCUT2D eigenvalue weighted by atomic mass is 35.5. The van der Waals surface area contributed by atoms with E-state index in [1.54, 1.807) is 25.6 Å². The zero-order valence-corrected chi connectivity index (χ0v) is 10.1. The van der Waals surface area contributed by atoms with Gasteiger partial charge >= 0.3 is 0 Å². The third-order valence-corrected chi connectivity index (χ3v) is 3.20. The summed E-state index contributed by atoms with van der Waals surface area (Å²) in [5, 5.41) is 4.15. The first-order valence-electron chi connectivity index (χ1n) is 4.58. The number of nitrogens with one attached hydrogen (secondary N) is 1. The lowest BCUT2D eigenvalue weighted by Crippen LogP contribution is -1.96. The molecule has 2 rings (SSSR count). The van der Waals surface area contributed by atoms with E-state index in [0.29, 0.717) is 11.0 Å². The highest BCUT2D eigenvalue weighted by Gasteiger charge is 2.06. The van der Waals surface area contributed by atoms with Gasteiger partial charge in [0.15, 0.2) is 0 Å². The Labute approximate surface area is 102 Å². The van der Waals surface area contributed by atoms with E-state index in [4.69, 9.17) is 11.6 Å². The highest BCUT2D eigenvalue weighted by Crippen LogP contribution is 2.31. The SMILES string of the molecule is CNc1ncc(Cl)c(Sc2ccncc2)n1. The summed E-state index contributed by atoms with van der Waals surface area (Å²) in [6.45, 7) is 0. The van der Waals surface area contributed by atoms with Crippen molar-refractivity contribution in [2.75, 3.05) is 12.4 Å². The largest absolute Gasteiger partial charge is 0.357 e. The normalized spacial score (nSPS) is 10.1. The van der Waals surface area contributed by atoms with Crippen LogP contribution in [-0.4, -0.2) is 22.0 Å². The standard InChI is InChI=1S/C10H9ClN4S/c1-12-10-14-6-8(11)9(15-10)16-7-2-4-13-5-3-7/h2-6H,1H3,(H,12,14,15). The molecule has 0 aliphatic heterocycles. The van der Waals surface area contributed by atoms with E-state index >= 15 is 0 Å². The molecule has 4 nitrogen and oxygen atoms in total.